The molecule has 1 atom stereocenters. The van der Waals surface area contributed by atoms with Crippen LogP contribution in [0, 0.1) is 11.6 Å². The predicted octanol–water partition coefficient (Wildman–Crippen LogP) is 3.16. The molecule has 1 heterocycles. The van der Waals surface area contributed by atoms with Crippen LogP contribution in [0.2, 0.25) is 5.02 Å². The van der Waals surface area contributed by atoms with Gasteiger partial charge in [-0.3, -0.25) is 4.79 Å². The van der Waals surface area contributed by atoms with Gasteiger partial charge in [0.2, 0.25) is 5.91 Å². The van der Waals surface area contributed by atoms with Crippen molar-refractivity contribution in [1.29, 1.82) is 0 Å². The molecule has 0 fully saturated rings. The van der Waals surface area contributed by atoms with Crippen LogP contribution in [0.5, 0.6) is 0 Å². The summed E-state index contributed by atoms with van der Waals surface area (Å²) in [4.78, 5) is 13.6. The molecule has 21 heavy (non-hydrogen) atoms. The van der Waals surface area contributed by atoms with Gasteiger partial charge in [-0.1, -0.05) is 23.7 Å². The Labute approximate surface area is 124 Å². The van der Waals surface area contributed by atoms with Crippen molar-refractivity contribution in [2.24, 2.45) is 5.73 Å². The number of fused-ring (bicyclic) bond motifs is 1. The molecule has 1 aliphatic heterocycles. The monoisotopic (exact) mass is 308 g/mol. The molecule has 0 saturated carbocycles. The lowest BCUT2D eigenvalue weighted by Crippen LogP contribution is -2.31. The topological polar surface area (TPSA) is 46.3 Å². The summed E-state index contributed by atoms with van der Waals surface area (Å²) in [6, 6.07) is 7.13. The summed E-state index contributed by atoms with van der Waals surface area (Å²) in [7, 11) is 0. The highest BCUT2D eigenvalue weighted by Crippen LogP contribution is 2.36. The van der Waals surface area contributed by atoms with E-state index in [0.29, 0.717) is 16.8 Å². The molecular formula is C15H11ClF2N2O. The maximum absolute atomic E-state index is 13.4. The molecule has 3 rings (SSSR count). The highest BCUT2D eigenvalue weighted by Gasteiger charge is 2.35. The van der Waals surface area contributed by atoms with E-state index in [1.807, 2.05) is 0 Å². The van der Waals surface area contributed by atoms with Crippen molar-refractivity contribution in [3.63, 3.8) is 0 Å². The fourth-order valence-corrected chi connectivity index (χ4v) is 2.64. The third-order valence-corrected chi connectivity index (χ3v) is 3.85. The molecule has 1 aliphatic rings. The zero-order valence-corrected chi connectivity index (χ0v) is 11.6. The van der Waals surface area contributed by atoms with E-state index in [0.717, 1.165) is 0 Å². The van der Waals surface area contributed by atoms with Gasteiger partial charge in [0.05, 0.1) is 12.2 Å². The first-order valence-corrected chi connectivity index (χ1v) is 6.65. The van der Waals surface area contributed by atoms with Gasteiger partial charge in [0, 0.05) is 10.6 Å². The molecule has 2 aromatic carbocycles. The fraction of sp³-hybridized carbons (Fsp3) is 0.133. The second-order valence-corrected chi connectivity index (χ2v) is 5.25. The van der Waals surface area contributed by atoms with Crippen LogP contribution in [0.3, 0.4) is 0 Å². The summed E-state index contributed by atoms with van der Waals surface area (Å²) < 4.78 is 26.5. The molecule has 0 saturated heterocycles. The van der Waals surface area contributed by atoms with E-state index < -0.39 is 17.7 Å². The first kappa shape index (κ1) is 14.0. The molecule has 0 bridgehead atoms. The lowest BCUT2D eigenvalue weighted by atomic mass is 10.1. The van der Waals surface area contributed by atoms with Gasteiger partial charge in [-0.15, -0.1) is 0 Å². The fourth-order valence-electron chi connectivity index (χ4n) is 2.42. The zero-order valence-electron chi connectivity index (χ0n) is 10.8. The van der Waals surface area contributed by atoms with Crippen molar-refractivity contribution in [2.75, 3.05) is 4.90 Å². The first-order chi connectivity index (χ1) is 9.97. The van der Waals surface area contributed by atoms with E-state index in [2.05, 4.69) is 0 Å². The average molecular weight is 309 g/mol. The van der Waals surface area contributed by atoms with E-state index in [9.17, 15) is 13.6 Å². The van der Waals surface area contributed by atoms with E-state index in [-0.39, 0.29) is 17.5 Å². The SMILES string of the molecule is NC1C(=O)N(Cc2ccc(F)cc2Cl)c2cc(F)ccc21. The number of halogens is 3. The third kappa shape index (κ3) is 2.39. The molecule has 0 aromatic heterocycles. The number of nitrogens with two attached hydrogens (primary N) is 1. The number of carbonyl (C=O) groups excluding carboxylic acids is 1. The minimum atomic E-state index is -0.820. The molecule has 2 N–H and O–H groups in total. The van der Waals surface area contributed by atoms with Crippen molar-refractivity contribution >= 4 is 23.2 Å². The van der Waals surface area contributed by atoms with Crippen LogP contribution in [-0.4, -0.2) is 5.91 Å². The van der Waals surface area contributed by atoms with Gasteiger partial charge < -0.3 is 10.6 Å². The number of nitrogens with zero attached hydrogens (tertiary/aromatic N) is 1. The lowest BCUT2D eigenvalue weighted by molar-refractivity contribution is -0.119. The second-order valence-electron chi connectivity index (χ2n) is 4.84. The average Bonchev–Trinajstić information content (AvgIpc) is 2.66. The van der Waals surface area contributed by atoms with E-state index in [1.54, 1.807) is 0 Å². The molecule has 1 amide bonds. The minimum absolute atomic E-state index is 0.113. The summed E-state index contributed by atoms with van der Waals surface area (Å²) in [6.45, 7) is 0.113. The number of hydrogen-bond acceptors (Lipinski definition) is 2. The Hall–Kier alpha value is -1.98. The Morgan fingerprint density at radius 1 is 1.14 bits per heavy atom. The molecule has 108 valence electrons. The molecular weight excluding hydrogens is 298 g/mol. The van der Waals surface area contributed by atoms with Crippen LogP contribution >= 0.6 is 11.6 Å². The summed E-state index contributed by atoms with van der Waals surface area (Å²) >= 11 is 5.97. The number of benzene rings is 2. The normalized spacial score (nSPS) is 17.2. The quantitative estimate of drug-likeness (QED) is 0.926. The predicted molar refractivity (Wildman–Crippen MR) is 75.9 cm³/mol. The molecule has 3 nitrogen and oxygen atoms in total. The van der Waals surface area contributed by atoms with Crippen LogP contribution in [0.25, 0.3) is 0 Å². The highest BCUT2D eigenvalue weighted by molar-refractivity contribution is 6.31. The van der Waals surface area contributed by atoms with Crippen molar-refractivity contribution in [2.45, 2.75) is 12.6 Å². The Balaban J connectivity index is 2.00. The van der Waals surface area contributed by atoms with Crippen LogP contribution in [0.4, 0.5) is 14.5 Å². The Kier molecular flexibility index (Phi) is 3.39. The highest BCUT2D eigenvalue weighted by atomic mass is 35.5. The van der Waals surface area contributed by atoms with Crippen molar-refractivity contribution in [1.82, 2.24) is 0 Å². The van der Waals surface area contributed by atoms with Crippen molar-refractivity contribution in [3.05, 3.63) is 64.2 Å². The second kappa shape index (κ2) is 5.09. The summed E-state index contributed by atoms with van der Waals surface area (Å²) in [6.07, 6.45) is 0. The number of anilines is 1. The van der Waals surface area contributed by atoms with E-state index in [1.165, 1.54) is 41.3 Å². The van der Waals surface area contributed by atoms with Gasteiger partial charge in [-0.2, -0.15) is 0 Å². The zero-order chi connectivity index (χ0) is 15.1. The Bertz CT molecular complexity index is 736. The molecule has 2 aromatic rings. The first-order valence-electron chi connectivity index (χ1n) is 6.27. The van der Waals surface area contributed by atoms with E-state index >= 15 is 0 Å². The van der Waals surface area contributed by atoms with Crippen LogP contribution in [0.15, 0.2) is 36.4 Å². The number of carbonyl (C=O) groups is 1. The maximum Gasteiger partial charge on any atom is 0.248 e. The minimum Gasteiger partial charge on any atom is -0.316 e. The molecule has 0 radical (unpaired) electrons. The van der Waals surface area contributed by atoms with Crippen LogP contribution in [0.1, 0.15) is 17.2 Å². The van der Waals surface area contributed by atoms with Crippen molar-refractivity contribution < 1.29 is 13.6 Å². The number of amides is 1. The van der Waals surface area contributed by atoms with Gasteiger partial charge in [0.15, 0.2) is 0 Å². The van der Waals surface area contributed by atoms with Gasteiger partial charge in [0.1, 0.15) is 17.7 Å². The van der Waals surface area contributed by atoms with Gasteiger partial charge in [-0.25, -0.2) is 8.78 Å². The Morgan fingerprint density at radius 3 is 2.52 bits per heavy atom. The standard InChI is InChI=1S/C15H11ClF2N2O/c16-12-5-9(17)2-1-8(12)7-20-13-6-10(18)3-4-11(13)14(19)15(20)21/h1-6,14H,7,19H2. The van der Waals surface area contributed by atoms with Gasteiger partial charge >= 0.3 is 0 Å². The molecule has 1 unspecified atom stereocenters. The summed E-state index contributed by atoms with van der Waals surface area (Å²) in [5.41, 5.74) is 7.40. The van der Waals surface area contributed by atoms with Gasteiger partial charge in [-0.05, 0) is 29.8 Å². The van der Waals surface area contributed by atoms with Gasteiger partial charge in [0.25, 0.3) is 0 Å². The maximum atomic E-state index is 13.4. The largest absolute Gasteiger partial charge is 0.316 e. The number of rotatable bonds is 2. The molecule has 6 heteroatoms. The smallest absolute Gasteiger partial charge is 0.248 e. The van der Waals surface area contributed by atoms with Crippen molar-refractivity contribution in [3.8, 4) is 0 Å². The Morgan fingerprint density at radius 2 is 1.81 bits per heavy atom. The lowest BCUT2D eigenvalue weighted by Gasteiger charge is -2.18. The summed E-state index contributed by atoms with van der Waals surface area (Å²) in [5.74, 6) is -1.25. The van der Waals surface area contributed by atoms with Crippen LogP contribution in [-0.2, 0) is 11.3 Å². The van der Waals surface area contributed by atoms with E-state index in [4.69, 9.17) is 17.3 Å². The molecule has 0 spiro atoms. The van der Waals surface area contributed by atoms with Crippen LogP contribution < -0.4 is 10.6 Å². The number of hydrogen-bond donors (Lipinski definition) is 1. The molecule has 0 aliphatic carbocycles. The third-order valence-electron chi connectivity index (χ3n) is 3.49. The summed E-state index contributed by atoms with van der Waals surface area (Å²) in [5, 5.41) is 0.209.